The van der Waals surface area contributed by atoms with Gasteiger partial charge in [-0.15, -0.1) is 0 Å². The van der Waals surface area contributed by atoms with Gasteiger partial charge in [0.1, 0.15) is 0 Å². The maximum absolute atomic E-state index is 13.2. The van der Waals surface area contributed by atoms with Gasteiger partial charge in [0.05, 0.1) is 11.6 Å². The molecular weight excluding hydrogens is 442 g/mol. The number of benzene rings is 2. The Morgan fingerprint density at radius 1 is 0.938 bits per heavy atom. The van der Waals surface area contributed by atoms with Crippen LogP contribution in [0.5, 0.6) is 0 Å². The molecular formula is C23H27N5O2S2. The first-order chi connectivity index (χ1) is 15.5. The highest BCUT2D eigenvalue weighted by molar-refractivity contribution is 7.89. The molecule has 5 rings (SSSR count). The highest BCUT2D eigenvalue weighted by Gasteiger charge is 2.29. The van der Waals surface area contributed by atoms with Crippen molar-refractivity contribution in [2.75, 3.05) is 26.2 Å². The fourth-order valence-electron chi connectivity index (χ4n) is 4.51. The van der Waals surface area contributed by atoms with Crippen molar-refractivity contribution in [1.29, 1.82) is 0 Å². The molecule has 1 saturated heterocycles. The number of rotatable bonds is 5. The molecule has 0 unspecified atom stereocenters. The molecule has 168 valence electrons. The van der Waals surface area contributed by atoms with E-state index in [0.29, 0.717) is 42.5 Å². The minimum absolute atomic E-state index is 0.426. The standard InChI is InChI=1S/C23H27N5O2S2/c29-32(30,21-11-10-18-6-4-5-9-20(18)16-21)27-14-12-26(13-15-27)17-28-23(31)24-22(25-28)19-7-2-1-3-8-19/h1-3,7-8,10-11,16H,4-6,9,12-15,17H2,(H,24,25,31). The number of nitrogens with zero attached hydrogens (tertiary/aromatic N) is 4. The van der Waals surface area contributed by atoms with Crippen molar-refractivity contribution < 1.29 is 8.42 Å². The van der Waals surface area contributed by atoms with Crippen molar-refractivity contribution >= 4 is 22.2 Å². The molecule has 1 N–H and O–H groups in total. The lowest BCUT2D eigenvalue weighted by Crippen LogP contribution is -2.48. The highest BCUT2D eigenvalue weighted by Crippen LogP contribution is 2.26. The van der Waals surface area contributed by atoms with E-state index in [1.165, 1.54) is 17.5 Å². The van der Waals surface area contributed by atoms with Crippen LogP contribution in [-0.2, 0) is 29.5 Å². The Bertz CT molecular complexity index is 1260. The topological polar surface area (TPSA) is 74.2 Å². The van der Waals surface area contributed by atoms with Crippen LogP contribution in [0.25, 0.3) is 11.4 Å². The van der Waals surface area contributed by atoms with Gasteiger partial charge in [0.25, 0.3) is 0 Å². The maximum Gasteiger partial charge on any atom is 0.243 e. The molecule has 1 aromatic heterocycles. The monoisotopic (exact) mass is 469 g/mol. The molecule has 1 aliphatic carbocycles. The van der Waals surface area contributed by atoms with E-state index in [2.05, 4.69) is 15.0 Å². The first-order valence-electron chi connectivity index (χ1n) is 11.1. The largest absolute Gasteiger partial charge is 0.282 e. The number of aromatic nitrogens is 3. The minimum atomic E-state index is -3.47. The first-order valence-corrected chi connectivity index (χ1v) is 12.9. The van der Waals surface area contributed by atoms with Crippen LogP contribution in [0.15, 0.2) is 53.4 Å². The summed E-state index contributed by atoms with van der Waals surface area (Å²) in [7, 11) is -3.47. The van der Waals surface area contributed by atoms with Crippen LogP contribution in [0.1, 0.15) is 24.0 Å². The zero-order valence-corrected chi connectivity index (χ0v) is 19.5. The average Bonchev–Trinajstić information content (AvgIpc) is 3.20. The van der Waals surface area contributed by atoms with E-state index in [1.807, 2.05) is 47.1 Å². The fourth-order valence-corrected chi connectivity index (χ4v) is 6.18. The molecule has 2 heterocycles. The number of hydrogen-bond donors (Lipinski definition) is 1. The third-order valence-corrected chi connectivity index (χ3v) is 8.56. The van der Waals surface area contributed by atoms with Gasteiger partial charge >= 0.3 is 0 Å². The van der Waals surface area contributed by atoms with Crippen LogP contribution in [-0.4, -0.2) is 58.6 Å². The van der Waals surface area contributed by atoms with E-state index in [-0.39, 0.29) is 0 Å². The van der Waals surface area contributed by atoms with E-state index in [9.17, 15) is 8.42 Å². The Morgan fingerprint density at radius 2 is 1.66 bits per heavy atom. The first kappa shape index (κ1) is 21.5. The van der Waals surface area contributed by atoms with E-state index >= 15 is 0 Å². The molecule has 0 amide bonds. The summed E-state index contributed by atoms with van der Waals surface area (Å²) in [6.07, 6.45) is 4.35. The number of fused-ring (bicyclic) bond motifs is 1. The smallest absolute Gasteiger partial charge is 0.243 e. The van der Waals surface area contributed by atoms with Gasteiger partial charge in [-0.2, -0.15) is 9.29 Å². The van der Waals surface area contributed by atoms with Crippen LogP contribution in [0.2, 0.25) is 0 Å². The lowest BCUT2D eigenvalue weighted by molar-refractivity contribution is 0.145. The summed E-state index contributed by atoms with van der Waals surface area (Å²) in [6.45, 7) is 2.78. The zero-order chi connectivity index (χ0) is 22.1. The Morgan fingerprint density at radius 3 is 2.41 bits per heavy atom. The van der Waals surface area contributed by atoms with E-state index in [1.54, 1.807) is 10.4 Å². The van der Waals surface area contributed by atoms with Crippen molar-refractivity contribution in [2.45, 2.75) is 37.2 Å². The van der Waals surface area contributed by atoms with Gasteiger partial charge in [0.2, 0.25) is 14.8 Å². The van der Waals surface area contributed by atoms with Gasteiger partial charge < -0.3 is 0 Å². The highest BCUT2D eigenvalue weighted by atomic mass is 32.2. The summed E-state index contributed by atoms with van der Waals surface area (Å²) in [6, 6.07) is 15.5. The van der Waals surface area contributed by atoms with Gasteiger partial charge in [0.15, 0.2) is 5.82 Å². The van der Waals surface area contributed by atoms with E-state index in [0.717, 1.165) is 30.7 Å². The van der Waals surface area contributed by atoms with Crippen molar-refractivity contribution in [2.24, 2.45) is 0 Å². The number of aryl methyl sites for hydroxylation is 2. The van der Waals surface area contributed by atoms with Crippen LogP contribution in [0, 0.1) is 4.77 Å². The van der Waals surface area contributed by atoms with Gasteiger partial charge in [0, 0.05) is 31.7 Å². The predicted molar refractivity (Wildman–Crippen MR) is 126 cm³/mol. The Labute approximate surface area is 193 Å². The summed E-state index contributed by atoms with van der Waals surface area (Å²) < 4.78 is 30.4. The minimum Gasteiger partial charge on any atom is -0.282 e. The van der Waals surface area contributed by atoms with Crippen LogP contribution < -0.4 is 0 Å². The molecule has 7 nitrogen and oxygen atoms in total. The number of H-pyrrole nitrogens is 1. The summed E-state index contributed by atoms with van der Waals surface area (Å²) in [5.74, 6) is 0.740. The third kappa shape index (κ3) is 4.30. The molecule has 0 bridgehead atoms. The van der Waals surface area contributed by atoms with Gasteiger partial charge in [-0.25, -0.2) is 13.1 Å². The average molecular weight is 470 g/mol. The summed E-state index contributed by atoms with van der Waals surface area (Å²) >= 11 is 5.42. The number of piperazine rings is 1. The van der Waals surface area contributed by atoms with Crippen LogP contribution >= 0.6 is 12.2 Å². The van der Waals surface area contributed by atoms with Gasteiger partial charge in [-0.3, -0.25) is 10.00 Å². The molecule has 32 heavy (non-hydrogen) atoms. The molecule has 3 aromatic rings. The SMILES string of the molecule is O=S(=O)(c1ccc2c(c1)CCCC2)N1CCN(Cn2[nH]c(-c3ccccc3)nc2=S)CC1. The van der Waals surface area contributed by atoms with E-state index < -0.39 is 10.0 Å². The number of hydrogen-bond acceptors (Lipinski definition) is 5. The Kier molecular flexibility index (Phi) is 5.98. The summed E-state index contributed by atoms with van der Waals surface area (Å²) in [5.41, 5.74) is 3.48. The predicted octanol–water partition coefficient (Wildman–Crippen LogP) is 3.45. The van der Waals surface area contributed by atoms with Crippen molar-refractivity contribution in [3.8, 4) is 11.4 Å². The fraction of sp³-hybridized carbons (Fsp3) is 0.391. The van der Waals surface area contributed by atoms with Crippen molar-refractivity contribution in [3.63, 3.8) is 0 Å². The second kappa shape index (κ2) is 8.90. The third-order valence-electron chi connectivity index (χ3n) is 6.36. The molecule has 2 aromatic carbocycles. The van der Waals surface area contributed by atoms with Crippen molar-refractivity contribution in [1.82, 2.24) is 24.0 Å². The summed E-state index contributed by atoms with van der Waals surface area (Å²) in [4.78, 5) is 7.09. The van der Waals surface area contributed by atoms with E-state index in [4.69, 9.17) is 12.2 Å². The van der Waals surface area contributed by atoms with Crippen LogP contribution in [0.3, 0.4) is 0 Å². The van der Waals surface area contributed by atoms with Gasteiger partial charge in [-0.05, 0) is 61.2 Å². The van der Waals surface area contributed by atoms with Gasteiger partial charge in [-0.1, -0.05) is 36.4 Å². The number of aromatic amines is 1. The zero-order valence-electron chi connectivity index (χ0n) is 17.9. The molecule has 0 spiro atoms. The number of nitrogens with one attached hydrogen (secondary N) is 1. The quantitative estimate of drug-likeness (QED) is 0.580. The lowest BCUT2D eigenvalue weighted by atomic mass is 9.92. The number of sulfonamides is 1. The van der Waals surface area contributed by atoms with Crippen LogP contribution in [0.4, 0.5) is 0 Å². The molecule has 0 radical (unpaired) electrons. The van der Waals surface area contributed by atoms with Crippen molar-refractivity contribution in [3.05, 3.63) is 64.4 Å². The molecule has 1 fully saturated rings. The summed E-state index contributed by atoms with van der Waals surface area (Å²) in [5, 5.41) is 3.27. The Balaban J connectivity index is 1.25. The second-order valence-electron chi connectivity index (χ2n) is 8.45. The molecule has 1 aliphatic heterocycles. The molecule has 0 atom stereocenters. The molecule has 0 saturated carbocycles. The lowest BCUT2D eigenvalue weighted by Gasteiger charge is -2.34. The molecule has 2 aliphatic rings. The second-order valence-corrected chi connectivity index (χ2v) is 10.8. The normalized spacial score (nSPS) is 17.9. The maximum atomic E-state index is 13.2. The Hall–Kier alpha value is -2.33. The molecule has 9 heteroatoms.